The maximum atomic E-state index is 14.2. The minimum atomic E-state index is -0.711. The Morgan fingerprint density at radius 3 is 2.21 bits per heavy atom. The van der Waals surface area contributed by atoms with Crippen LogP contribution >= 0.6 is 0 Å². The molecule has 5 aliphatic rings. The minimum absolute atomic E-state index is 0.0296. The third-order valence-corrected chi connectivity index (χ3v) is 13.1. The van der Waals surface area contributed by atoms with Gasteiger partial charge in [-0.05, 0) is 110 Å². The van der Waals surface area contributed by atoms with Crippen LogP contribution in [0.1, 0.15) is 106 Å². The smallest absolute Gasteiger partial charge is 0.309 e. The van der Waals surface area contributed by atoms with E-state index in [4.69, 9.17) is 0 Å². The lowest BCUT2D eigenvalue weighted by molar-refractivity contribution is -0.202. The molecule has 9 atom stereocenters. The van der Waals surface area contributed by atoms with E-state index in [2.05, 4.69) is 41.5 Å². The fraction of sp³-hybridized carbons (Fsp3) is 0.867. The molecule has 5 rings (SSSR count). The van der Waals surface area contributed by atoms with Crippen molar-refractivity contribution in [3.8, 4) is 0 Å². The molecule has 0 aromatic rings. The van der Waals surface area contributed by atoms with Crippen LogP contribution in [-0.4, -0.2) is 28.1 Å². The van der Waals surface area contributed by atoms with Crippen LogP contribution in [0, 0.1) is 50.2 Å². The number of carbonyl (C=O) groups excluding carboxylic acids is 1. The summed E-state index contributed by atoms with van der Waals surface area (Å²) in [6.45, 7) is 15.8. The second-order valence-corrected chi connectivity index (χ2v) is 14.9. The van der Waals surface area contributed by atoms with Crippen LogP contribution in [0.5, 0.6) is 0 Å². The van der Waals surface area contributed by atoms with Gasteiger partial charge in [0.2, 0.25) is 0 Å². The van der Waals surface area contributed by atoms with E-state index in [0.29, 0.717) is 12.3 Å². The van der Waals surface area contributed by atoms with E-state index in [1.165, 1.54) is 5.57 Å². The monoisotopic (exact) mass is 470 g/mol. The van der Waals surface area contributed by atoms with Gasteiger partial charge in [0.05, 0.1) is 11.5 Å². The molecule has 0 heterocycles. The summed E-state index contributed by atoms with van der Waals surface area (Å²) in [7, 11) is 0. The topological polar surface area (TPSA) is 74.6 Å². The lowest BCUT2D eigenvalue weighted by Crippen LogP contribution is -2.66. The van der Waals surface area contributed by atoms with Crippen molar-refractivity contribution in [2.75, 3.05) is 0 Å². The summed E-state index contributed by atoms with van der Waals surface area (Å²) >= 11 is 0. The van der Waals surface area contributed by atoms with Gasteiger partial charge in [0.1, 0.15) is 0 Å². The van der Waals surface area contributed by atoms with Crippen molar-refractivity contribution < 1.29 is 19.8 Å². The zero-order valence-electron chi connectivity index (χ0n) is 22.5. The van der Waals surface area contributed by atoms with Crippen molar-refractivity contribution >= 4 is 11.8 Å². The van der Waals surface area contributed by atoms with Gasteiger partial charge in [-0.25, -0.2) is 0 Å². The van der Waals surface area contributed by atoms with Gasteiger partial charge in [0.15, 0.2) is 5.78 Å². The fourth-order valence-corrected chi connectivity index (χ4v) is 10.4. The van der Waals surface area contributed by atoms with Gasteiger partial charge in [0, 0.05) is 5.92 Å². The van der Waals surface area contributed by atoms with E-state index in [-0.39, 0.29) is 50.8 Å². The molecule has 0 bridgehead atoms. The molecule has 4 heteroatoms. The van der Waals surface area contributed by atoms with Crippen molar-refractivity contribution in [1.82, 2.24) is 0 Å². The molecule has 5 aliphatic carbocycles. The molecular weight excluding hydrogens is 424 g/mol. The molecule has 0 saturated heterocycles. The molecule has 0 aromatic carbocycles. The van der Waals surface area contributed by atoms with Gasteiger partial charge in [-0.1, -0.05) is 47.1 Å². The lowest BCUT2D eigenvalue weighted by atomic mass is 9.33. The first-order valence-electron chi connectivity index (χ1n) is 13.7. The van der Waals surface area contributed by atoms with Crippen molar-refractivity contribution in [2.45, 2.75) is 112 Å². The summed E-state index contributed by atoms with van der Waals surface area (Å²) < 4.78 is 0. The molecule has 4 fully saturated rings. The van der Waals surface area contributed by atoms with Crippen LogP contribution < -0.4 is 0 Å². The van der Waals surface area contributed by atoms with E-state index in [0.717, 1.165) is 51.4 Å². The van der Waals surface area contributed by atoms with Crippen molar-refractivity contribution in [1.29, 1.82) is 0 Å². The van der Waals surface area contributed by atoms with Gasteiger partial charge in [-0.3, -0.25) is 9.59 Å². The third-order valence-electron chi connectivity index (χ3n) is 13.1. The molecule has 0 amide bonds. The Hall–Kier alpha value is -1.16. The molecule has 4 saturated carbocycles. The molecule has 2 N–H and O–H groups in total. The number of carboxylic acid groups (broad SMARTS) is 1. The predicted molar refractivity (Wildman–Crippen MR) is 133 cm³/mol. The SMILES string of the molecule is CC1(C)C2CCC3(C)C(C(=O)C=C4[C@@H]5C[C@@](C)(C(=O)O)CC[C@]5(C)CC[C@]43C)[C@@]2(C)CC[C@@H]1O. The Kier molecular flexibility index (Phi) is 5.04. The second-order valence-electron chi connectivity index (χ2n) is 14.9. The number of rotatable bonds is 1. The number of aliphatic hydroxyl groups excluding tert-OH is 1. The Balaban J connectivity index is 1.62. The van der Waals surface area contributed by atoms with Crippen LogP contribution in [-0.2, 0) is 9.59 Å². The van der Waals surface area contributed by atoms with Crippen LogP contribution in [0.25, 0.3) is 0 Å². The number of ketones is 1. The minimum Gasteiger partial charge on any atom is -0.481 e. The largest absolute Gasteiger partial charge is 0.481 e. The molecule has 34 heavy (non-hydrogen) atoms. The number of aliphatic hydroxyl groups is 1. The average molecular weight is 471 g/mol. The molecule has 190 valence electrons. The summed E-state index contributed by atoms with van der Waals surface area (Å²) in [6, 6.07) is 0. The maximum absolute atomic E-state index is 14.2. The van der Waals surface area contributed by atoms with Crippen molar-refractivity contribution in [2.24, 2.45) is 50.2 Å². The standard InChI is InChI=1S/C30H46O4/c1-25(2)21-8-11-30(7)23(28(21,5)10-9-22(25)32)20(31)16-18-19-17-27(4,24(33)34)13-12-26(19,3)14-15-29(18,30)6/h16,19,21-23,32H,8-15,17H2,1-7H3,(H,33,34)/t19-,21?,22-,23?,26+,27-,28-,29+,30?/m0/s1. The number of allylic oxidation sites excluding steroid dienone is 2. The first kappa shape index (κ1) is 24.5. The van der Waals surface area contributed by atoms with Gasteiger partial charge in [0.25, 0.3) is 0 Å². The van der Waals surface area contributed by atoms with E-state index in [9.17, 15) is 19.8 Å². The van der Waals surface area contributed by atoms with E-state index >= 15 is 0 Å². The third kappa shape index (κ3) is 2.81. The predicted octanol–water partition coefficient (Wildman–Crippen LogP) is 6.41. The molecule has 0 aliphatic heterocycles. The fourth-order valence-electron chi connectivity index (χ4n) is 10.4. The van der Waals surface area contributed by atoms with Crippen molar-refractivity contribution in [3.05, 3.63) is 11.6 Å². The normalized spacial score (nSPS) is 54.1. The zero-order chi connectivity index (χ0) is 25.1. The van der Waals surface area contributed by atoms with Crippen LogP contribution in [0.4, 0.5) is 0 Å². The van der Waals surface area contributed by atoms with Gasteiger partial charge >= 0.3 is 5.97 Å². The number of fused-ring (bicyclic) bond motifs is 7. The Morgan fingerprint density at radius 1 is 0.912 bits per heavy atom. The van der Waals surface area contributed by atoms with E-state index < -0.39 is 11.4 Å². The highest BCUT2D eigenvalue weighted by molar-refractivity contribution is 5.95. The molecule has 3 unspecified atom stereocenters. The van der Waals surface area contributed by atoms with E-state index in [1.807, 2.05) is 13.0 Å². The highest BCUT2D eigenvalue weighted by Crippen LogP contribution is 2.75. The molecule has 4 nitrogen and oxygen atoms in total. The Bertz CT molecular complexity index is 965. The van der Waals surface area contributed by atoms with Crippen LogP contribution in [0.3, 0.4) is 0 Å². The summed E-state index contributed by atoms with van der Waals surface area (Å²) in [4.78, 5) is 26.4. The lowest BCUT2D eigenvalue weighted by Gasteiger charge is -2.70. The second kappa shape index (κ2) is 6.99. The highest BCUT2D eigenvalue weighted by atomic mass is 16.4. The number of hydrogen-bond acceptors (Lipinski definition) is 3. The van der Waals surface area contributed by atoms with Crippen molar-refractivity contribution in [3.63, 3.8) is 0 Å². The van der Waals surface area contributed by atoms with Crippen LogP contribution in [0.2, 0.25) is 0 Å². The number of hydrogen-bond donors (Lipinski definition) is 2. The number of carboxylic acids is 1. The average Bonchev–Trinajstić information content (AvgIpc) is 2.73. The summed E-state index contributed by atoms with van der Waals surface area (Å²) in [6.07, 6.45) is 9.95. The first-order chi connectivity index (χ1) is 15.6. The van der Waals surface area contributed by atoms with Gasteiger partial charge in [-0.15, -0.1) is 0 Å². The highest BCUT2D eigenvalue weighted by Gasteiger charge is 2.70. The number of carbonyl (C=O) groups is 2. The van der Waals surface area contributed by atoms with Gasteiger partial charge in [-0.2, -0.15) is 0 Å². The molecule has 0 spiro atoms. The Morgan fingerprint density at radius 2 is 1.56 bits per heavy atom. The molecule has 0 aromatic heterocycles. The molecule has 0 radical (unpaired) electrons. The quantitative estimate of drug-likeness (QED) is 0.464. The number of aliphatic carboxylic acids is 1. The zero-order valence-corrected chi connectivity index (χ0v) is 22.5. The maximum Gasteiger partial charge on any atom is 0.309 e. The van der Waals surface area contributed by atoms with Gasteiger partial charge < -0.3 is 10.2 Å². The summed E-state index contributed by atoms with van der Waals surface area (Å²) in [5.41, 5.74) is 0.142. The Labute approximate surface area is 206 Å². The van der Waals surface area contributed by atoms with E-state index in [1.54, 1.807) is 0 Å². The molecular formula is C30H46O4. The first-order valence-corrected chi connectivity index (χ1v) is 13.7. The van der Waals surface area contributed by atoms with Crippen LogP contribution in [0.15, 0.2) is 11.6 Å². The summed E-state index contributed by atoms with van der Waals surface area (Å²) in [5.74, 6) is 0.0603. The summed E-state index contributed by atoms with van der Waals surface area (Å²) in [5, 5.41) is 20.9.